The van der Waals surface area contributed by atoms with Gasteiger partial charge in [0.15, 0.2) is 0 Å². The molecule has 11 rings (SSSR count). The molecule has 0 fully saturated rings. The van der Waals surface area contributed by atoms with Crippen molar-refractivity contribution in [1.82, 2.24) is 0 Å². The molecule has 5 heteroatoms. The van der Waals surface area contributed by atoms with E-state index in [1.807, 2.05) is 22.7 Å². The molecule has 0 spiro atoms. The minimum atomic E-state index is -0.0310. The summed E-state index contributed by atoms with van der Waals surface area (Å²) in [6, 6.07) is 52.1. The average Bonchev–Trinajstić information content (AvgIpc) is 3.90. The minimum Gasteiger partial charge on any atom is -0.311 e. The zero-order chi connectivity index (χ0) is 48.6. The maximum atomic E-state index is 2.73. The topological polar surface area (TPSA) is 6.48 Å². The minimum absolute atomic E-state index is 0.00215. The van der Waals surface area contributed by atoms with E-state index in [4.69, 9.17) is 0 Å². The highest BCUT2D eigenvalue weighted by Gasteiger charge is 2.47. The molecule has 69 heavy (non-hydrogen) atoms. The Balaban J connectivity index is 1.30. The Morgan fingerprint density at radius 2 is 1.09 bits per heavy atom. The molecular formula is C64H65BN2S2. The van der Waals surface area contributed by atoms with Crippen molar-refractivity contribution >= 4 is 99.4 Å². The third kappa shape index (κ3) is 7.49. The Bertz CT molecular complexity index is 3470. The van der Waals surface area contributed by atoms with Gasteiger partial charge in [0.05, 0.1) is 17.1 Å². The number of fused-ring (bicyclic) bond motifs is 7. The van der Waals surface area contributed by atoms with E-state index in [-0.39, 0.29) is 23.0 Å². The zero-order valence-electron chi connectivity index (χ0n) is 43.1. The van der Waals surface area contributed by atoms with Gasteiger partial charge in [-0.2, -0.15) is 0 Å². The summed E-state index contributed by atoms with van der Waals surface area (Å²) in [7, 11) is 0. The van der Waals surface area contributed by atoms with Crippen LogP contribution in [-0.4, -0.2) is 6.71 Å². The lowest BCUT2D eigenvalue weighted by Gasteiger charge is -2.45. The van der Waals surface area contributed by atoms with Gasteiger partial charge >= 0.3 is 0 Å². The third-order valence-electron chi connectivity index (χ3n) is 15.0. The van der Waals surface area contributed by atoms with Crippen molar-refractivity contribution in [2.75, 3.05) is 9.80 Å². The van der Waals surface area contributed by atoms with Crippen molar-refractivity contribution in [3.63, 3.8) is 0 Å². The molecule has 0 bridgehead atoms. The first-order valence-corrected chi connectivity index (χ1v) is 26.6. The Kier molecular flexibility index (Phi) is 10.6. The molecule has 0 radical (unpaired) electrons. The number of hydrogen-bond acceptors (Lipinski definition) is 4. The van der Waals surface area contributed by atoms with E-state index < -0.39 is 0 Å². The van der Waals surface area contributed by atoms with E-state index in [1.165, 1.54) is 131 Å². The lowest BCUT2D eigenvalue weighted by atomic mass is 9.36. The van der Waals surface area contributed by atoms with Crippen LogP contribution in [-0.2, 0) is 16.2 Å². The SMILES string of the molecule is Cc1cc(C(C)(C)C)cc(C)c1N1c2cc(C(C)C)cc3c2B(c2cc(-c4cc5ccccc5s4)ccc2N3c2c(C)cc(C(C)(C)C)cc2-c2ccccc2)c2sc3ccc(C(C)(C)C)cc3c21. The van der Waals surface area contributed by atoms with Crippen molar-refractivity contribution in [1.29, 1.82) is 0 Å². The summed E-state index contributed by atoms with van der Waals surface area (Å²) in [6.07, 6.45) is 0. The number of rotatable bonds is 5. The highest BCUT2D eigenvalue weighted by molar-refractivity contribution is 7.33. The van der Waals surface area contributed by atoms with E-state index in [1.54, 1.807) is 0 Å². The Morgan fingerprint density at radius 3 is 1.72 bits per heavy atom. The monoisotopic (exact) mass is 936 g/mol. The molecule has 346 valence electrons. The van der Waals surface area contributed by atoms with Gasteiger partial charge in [-0.1, -0.05) is 161 Å². The molecule has 2 aliphatic rings. The second-order valence-corrected chi connectivity index (χ2v) is 25.6. The van der Waals surface area contributed by atoms with E-state index in [0.717, 1.165) is 0 Å². The van der Waals surface area contributed by atoms with Crippen LogP contribution in [0.1, 0.15) is 121 Å². The zero-order valence-corrected chi connectivity index (χ0v) is 44.7. The van der Waals surface area contributed by atoms with Gasteiger partial charge in [-0.3, -0.25) is 0 Å². The number of anilines is 6. The molecule has 0 saturated heterocycles. The normalized spacial score (nSPS) is 13.7. The second kappa shape index (κ2) is 16.1. The Labute approximate surface area is 419 Å². The van der Waals surface area contributed by atoms with Crippen LogP contribution in [0.15, 0.2) is 133 Å². The summed E-state index contributed by atoms with van der Waals surface area (Å²) in [5, 5.41) is 2.64. The number of aryl methyl sites for hydroxylation is 3. The van der Waals surface area contributed by atoms with Gasteiger partial charge in [-0.25, -0.2) is 0 Å². The lowest BCUT2D eigenvalue weighted by Crippen LogP contribution is -2.60. The summed E-state index contributed by atoms with van der Waals surface area (Å²) < 4.78 is 4.07. The van der Waals surface area contributed by atoms with Crippen LogP contribution < -0.4 is 25.5 Å². The number of benzene rings is 7. The maximum Gasteiger partial charge on any atom is 0.264 e. The smallest absolute Gasteiger partial charge is 0.264 e. The molecule has 0 unspecified atom stereocenters. The first-order chi connectivity index (χ1) is 32.7. The van der Waals surface area contributed by atoms with Crippen LogP contribution >= 0.6 is 22.7 Å². The molecular weight excluding hydrogens is 872 g/mol. The Hall–Kier alpha value is -5.88. The lowest BCUT2D eigenvalue weighted by molar-refractivity contribution is 0.589. The molecule has 2 aromatic heterocycles. The van der Waals surface area contributed by atoms with Gasteiger partial charge in [0, 0.05) is 47.1 Å². The maximum absolute atomic E-state index is 2.73. The quantitative estimate of drug-likeness (QED) is 0.159. The van der Waals surface area contributed by atoms with Crippen molar-refractivity contribution in [2.45, 2.75) is 119 Å². The summed E-state index contributed by atoms with van der Waals surface area (Å²) in [6.45, 7) is 32.9. The fourth-order valence-electron chi connectivity index (χ4n) is 11.1. The fraction of sp³-hybridized carbons (Fsp3) is 0.281. The summed E-state index contributed by atoms with van der Waals surface area (Å²) >= 11 is 3.90. The number of nitrogens with zero attached hydrogens (tertiary/aromatic N) is 2. The van der Waals surface area contributed by atoms with Gasteiger partial charge in [-0.15, -0.1) is 22.7 Å². The van der Waals surface area contributed by atoms with Crippen LogP contribution in [0.3, 0.4) is 0 Å². The van der Waals surface area contributed by atoms with Gasteiger partial charge < -0.3 is 9.80 Å². The van der Waals surface area contributed by atoms with Crippen molar-refractivity contribution in [2.24, 2.45) is 0 Å². The van der Waals surface area contributed by atoms with Gasteiger partial charge in [0.1, 0.15) is 0 Å². The molecule has 0 atom stereocenters. The predicted molar refractivity (Wildman–Crippen MR) is 307 cm³/mol. The van der Waals surface area contributed by atoms with Crippen LogP contribution in [0.5, 0.6) is 0 Å². The first kappa shape index (κ1) is 45.6. The van der Waals surface area contributed by atoms with E-state index >= 15 is 0 Å². The molecule has 9 aromatic rings. The molecule has 4 heterocycles. The van der Waals surface area contributed by atoms with Crippen LogP contribution in [0, 0.1) is 20.8 Å². The molecule has 0 amide bonds. The standard InChI is InChI=1S/C64H65BN2S2/c1-37(2)44-32-52-57-53(33-44)67(58-38(3)28-46(29-39(58)4)63(9,10)11)60-49-35-45(62(6,7)8)25-27-55(49)69-61(60)65(57)50-31-43(56-34-42-22-18-19-23-54(42)68-56)24-26-51(50)66(52)59-40(5)30-47(64(12,13)14)36-48(59)41-20-16-15-17-21-41/h15-37H,1-14H3. The molecule has 0 N–H and O–H groups in total. The number of hydrogen-bond donors (Lipinski definition) is 0. The molecule has 2 aliphatic heterocycles. The largest absolute Gasteiger partial charge is 0.311 e. The number of thiophene rings is 2. The van der Waals surface area contributed by atoms with Crippen molar-refractivity contribution in [3.05, 3.63) is 172 Å². The van der Waals surface area contributed by atoms with E-state index in [2.05, 4.69) is 240 Å². The second-order valence-electron chi connectivity index (χ2n) is 23.4. The fourth-order valence-corrected chi connectivity index (χ4v) is 13.5. The molecule has 7 aromatic carbocycles. The third-order valence-corrected chi connectivity index (χ3v) is 17.4. The van der Waals surface area contributed by atoms with Gasteiger partial charge in [-0.05, 0) is 158 Å². The van der Waals surface area contributed by atoms with Crippen LogP contribution in [0.2, 0.25) is 0 Å². The predicted octanol–water partition coefficient (Wildman–Crippen LogP) is 17.5. The highest BCUT2D eigenvalue weighted by Crippen LogP contribution is 2.53. The first-order valence-electron chi connectivity index (χ1n) is 25.0. The van der Waals surface area contributed by atoms with Crippen LogP contribution in [0.25, 0.3) is 41.7 Å². The molecule has 0 aliphatic carbocycles. The van der Waals surface area contributed by atoms with E-state index in [0.29, 0.717) is 5.92 Å². The van der Waals surface area contributed by atoms with Gasteiger partial charge in [0.25, 0.3) is 6.71 Å². The molecule has 2 nitrogen and oxygen atoms in total. The Morgan fingerprint density at radius 1 is 0.478 bits per heavy atom. The summed E-state index contributed by atoms with van der Waals surface area (Å²) in [5.74, 6) is 0.293. The molecule has 0 saturated carbocycles. The van der Waals surface area contributed by atoms with E-state index in [9.17, 15) is 0 Å². The summed E-state index contributed by atoms with van der Waals surface area (Å²) in [4.78, 5) is 6.72. The summed E-state index contributed by atoms with van der Waals surface area (Å²) in [5.41, 5.74) is 23.5. The van der Waals surface area contributed by atoms with Crippen molar-refractivity contribution in [3.8, 4) is 21.6 Å². The highest BCUT2D eigenvalue weighted by atomic mass is 32.1. The van der Waals surface area contributed by atoms with Crippen molar-refractivity contribution < 1.29 is 0 Å². The van der Waals surface area contributed by atoms with Crippen LogP contribution in [0.4, 0.5) is 34.1 Å². The average molecular weight is 937 g/mol. The van der Waals surface area contributed by atoms with Gasteiger partial charge in [0.2, 0.25) is 0 Å².